The minimum Gasteiger partial charge on any atom is -0.330 e. The monoisotopic (exact) mass is 260 g/mol. The van der Waals surface area contributed by atoms with Crippen LogP contribution in [0.15, 0.2) is 24.3 Å². The van der Waals surface area contributed by atoms with E-state index in [1.165, 1.54) is 23.5 Å². The van der Waals surface area contributed by atoms with E-state index in [0.29, 0.717) is 18.5 Å². The average Bonchev–Trinajstić information content (AvgIpc) is 2.26. The van der Waals surface area contributed by atoms with Gasteiger partial charge in [-0.15, -0.1) is 0 Å². The highest BCUT2D eigenvalue weighted by atomic mass is 32.2. The van der Waals surface area contributed by atoms with E-state index < -0.39 is 10.0 Å². The van der Waals surface area contributed by atoms with Crippen molar-refractivity contribution in [3.63, 3.8) is 0 Å². The molecule has 1 aromatic carbocycles. The quantitative estimate of drug-likeness (QED) is 0.828. The van der Waals surface area contributed by atoms with E-state index in [1.54, 1.807) is 12.1 Å². The molecule has 17 heavy (non-hydrogen) atoms. The molecule has 6 heteroatoms. The molecule has 0 aromatic heterocycles. The first kappa shape index (κ1) is 14.1. The zero-order chi connectivity index (χ0) is 12.9. The van der Waals surface area contributed by atoms with Gasteiger partial charge in [-0.1, -0.05) is 12.1 Å². The summed E-state index contributed by atoms with van der Waals surface area (Å²) in [5.74, 6) is -0.342. The molecule has 1 rings (SSSR count). The number of nitrogens with two attached hydrogens (primary N) is 1. The van der Waals surface area contributed by atoms with E-state index in [1.807, 2.05) is 0 Å². The van der Waals surface area contributed by atoms with E-state index >= 15 is 0 Å². The van der Waals surface area contributed by atoms with Crippen LogP contribution < -0.4 is 5.73 Å². The summed E-state index contributed by atoms with van der Waals surface area (Å²) >= 11 is 0. The SMILES string of the molecule is CN(Cc1cccc(F)c1)S(=O)(=O)CCCN. The van der Waals surface area contributed by atoms with Crippen molar-refractivity contribution in [1.29, 1.82) is 0 Å². The molecule has 0 unspecified atom stereocenters. The van der Waals surface area contributed by atoms with Crippen LogP contribution in [0, 0.1) is 5.82 Å². The highest BCUT2D eigenvalue weighted by Crippen LogP contribution is 2.09. The van der Waals surface area contributed by atoms with Crippen molar-refractivity contribution in [2.75, 3.05) is 19.3 Å². The van der Waals surface area contributed by atoms with Crippen LogP contribution in [-0.2, 0) is 16.6 Å². The zero-order valence-corrected chi connectivity index (χ0v) is 10.6. The molecule has 0 spiro atoms. The van der Waals surface area contributed by atoms with Gasteiger partial charge in [-0.3, -0.25) is 0 Å². The second kappa shape index (κ2) is 6.09. The zero-order valence-electron chi connectivity index (χ0n) is 9.77. The van der Waals surface area contributed by atoms with E-state index in [4.69, 9.17) is 5.73 Å². The first-order valence-electron chi connectivity index (χ1n) is 5.34. The van der Waals surface area contributed by atoms with Crippen LogP contribution in [0.1, 0.15) is 12.0 Å². The number of rotatable bonds is 6. The first-order valence-corrected chi connectivity index (χ1v) is 6.95. The molecule has 2 N–H and O–H groups in total. The summed E-state index contributed by atoms with van der Waals surface area (Å²) in [7, 11) is -1.82. The number of nitrogens with zero attached hydrogens (tertiary/aromatic N) is 1. The summed E-state index contributed by atoms with van der Waals surface area (Å²) in [6.45, 7) is 0.512. The number of hydrogen-bond acceptors (Lipinski definition) is 3. The standard InChI is InChI=1S/C11H17FN2O2S/c1-14(17(15,16)7-3-6-13)9-10-4-2-5-11(12)8-10/h2,4-5,8H,3,6-7,9,13H2,1H3. The molecule has 0 aliphatic carbocycles. The van der Waals surface area contributed by atoms with Crippen LogP contribution in [0.5, 0.6) is 0 Å². The summed E-state index contributed by atoms with van der Waals surface area (Å²) in [6, 6.07) is 5.91. The van der Waals surface area contributed by atoms with Crippen LogP contribution in [-0.4, -0.2) is 32.1 Å². The highest BCUT2D eigenvalue weighted by molar-refractivity contribution is 7.89. The molecule has 0 radical (unpaired) electrons. The van der Waals surface area contributed by atoms with Crippen LogP contribution in [0.25, 0.3) is 0 Å². The number of sulfonamides is 1. The third-order valence-corrected chi connectivity index (χ3v) is 4.26. The van der Waals surface area contributed by atoms with Crippen molar-refractivity contribution in [3.8, 4) is 0 Å². The Morgan fingerprint density at radius 2 is 2.12 bits per heavy atom. The summed E-state index contributed by atoms with van der Waals surface area (Å²) in [5, 5.41) is 0. The van der Waals surface area contributed by atoms with Crippen molar-refractivity contribution in [3.05, 3.63) is 35.6 Å². The lowest BCUT2D eigenvalue weighted by atomic mass is 10.2. The van der Waals surface area contributed by atoms with Gasteiger partial charge in [0.25, 0.3) is 0 Å². The van der Waals surface area contributed by atoms with Crippen molar-refractivity contribution < 1.29 is 12.8 Å². The maximum Gasteiger partial charge on any atom is 0.214 e. The van der Waals surface area contributed by atoms with Crippen LogP contribution >= 0.6 is 0 Å². The van der Waals surface area contributed by atoms with Crippen LogP contribution in [0.3, 0.4) is 0 Å². The fourth-order valence-electron chi connectivity index (χ4n) is 1.41. The Bertz CT molecular complexity index is 462. The van der Waals surface area contributed by atoms with Gasteiger partial charge in [-0.25, -0.2) is 17.1 Å². The molecule has 0 bridgehead atoms. The van der Waals surface area contributed by atoms with E-state index in [9.17, 15) is 12.8 Å². The predicted octanol–water partition coefficient (Wildman–Crippen LogP) is 0.936. The topological polar surface area (TPSA) is 63.4 Å². The van der Waals surface area contributed by atoms with Crippen molar-refractivity contribution in [2.24, 2.45) is 5.73 Å². The third kappa shape index (κ3) is 4.41. The highest BCUT2D eigenvalue weighted by Gasteiger charge is 2.17. The fraction of sp³-hybridized carbons (Fsp3) is 0.455. The van der Waals surface area contributed by atoms with E-state index in [0.717, 1.165) is 0 Å². The van der Waals surface area contributed by atoms with Gasteiger partial charge in [0.1, 0.15) is 5.82 Å². The van der Waals surface area contributed by atoms with Gasteiger partial charge < -0.3 is 5.73 Å². The van der Waals surface area contributed by atoms with Gasteiger partial charge in [0.05, 0.1) is 5.75 Å². The first-order chi connectivity index (χ1) is 7.95. The molecule has 0 atom stereocenters. The van der Waals surface area contributed by atoms with Gasteiger partial charge in [0.2, 0.25) is 10.0 Å². The van der Waals surface area contributed by atoms with Crippen molar-refractivity contribution in [1.82, 2.24) is 4.31 Å². The molecule has 0 saturated heterocycles. The maximum absolute atomic E-state index is 12.9. The summed E-state index contributed by atoms with van der Waals surface area (Å²) in [4.78, 5) is 0. The van der Waals surface area contributed by atoms with E-state index in [-0.39, 0.29) is 18.1 Å². The Labute approximate surface area is 101 Å². The molecule has 0 aliphatic heterocycles. The van der Waals surface area contributed by atoms with Gasteiger partial charge in [-0.05, 0) is 30.7 Å². The Balaban J connectivity index is 2.68. The molecule has 1 aromatic rings. The summed E-state index contributed by atoms with van der Waals surface area (Å²) < 4.78 is 37.7. The Kier molecular flexibility index (Phi) is 5.04. The lowest BCUT2D eigenvalue weighted by Crippen LogP contribution is -2.29. The normalized spacial score (nSPS) is 12.0. The molecule has 0 aliphatic rings. The van der Waals surface area contributed by atoms with Crippen LogP contribution in [0.4, 0.5) is 4.39 Å². The van der Waals surface area contributed by atoms with Gasteiger partial charge in [0.15, 0.2) is 0 Å². The molecule has 0 heterocycles. The maximum atomic E-state index is 12.9. The lowest BCUT2D eigenvalue weighted by Gasteiger charge is -2.16. The largest absolute Gasteiger partial charge is 0.330 e. The Morgan fingerprint density at radius 1 is 1.41 bits per heavy atom. The molecule has 4 nitrogen and oxygen atoms in total. The molecule has 0 saturated carbocycles. The number of benzene rings is 1. The Hall–Kier alpha value is -0.980. The predicted molar refractivity (Wildman–Crippen MR) is 65.3 cm³/mol. The molecule has 0 amide bonds. The fourth-order valence-corrected chi connectivity index (χ4v) is 2.60. The van der Waals surface area contributed by atoms with Crippen molar-refractivity contribution >= 4 is 10.0 Å². The van der Waals surface area contributed by atoms with Crippen LogP contribution in [0.2, 0.25) is 0 Å². The van der Waals surface area contributed by atoms with Crippen molar-refractivity contribution in [2.45, 2.75) is 13.0 Å². The average molecular weight is 260 g/mol. The number of halogens is 1. The van der Waals surface area contributed by atoms with Gasteiger partial charge in [-0.2, -0.15) is 0 Å². The summed E-state index contributed by atoms with van der Waals surface area (Å²) in [5.41, 5.74) is 5.90. The number of hydrogen-bond donors (Lipinski definition) is 1. The molecular formula is C11H17FN2O2S. The minimum atomic E-state index is -3.30. The molecule has 0 fully saturated rings. The van der Waals surface area contributed by atoms with E-state index in [2.05, 4.69) is 0 Å². The third-order valence-electron chi connectivity index (χ3n) is 2.38. The molecular weight excluding hydrogens is 243 g/mol. The van der Waals surface area contributed by atoms with Gasteiger partial charge in [0, 0.05) is 13.6 Å². The second-order valence-electron chi connectivity index (χ2n) is 3.84. The minimum absolute atomic E-state index is 0.0231. The summed E-state index contributed by atoms with van der Waals surface area (Å²) in [6.07, 6.45) is 0.426. The Morgan fingerprint density at radius 3 is 2.71 bits per heavy atom. The second-order valence-corrected chi connectivity index (χ2v) is 6.04. The van der Waals surface area contributed by atoms with Gasteiger partial charge >= 0.3 is 0 Å². The molecule has 96 valence electrons. The smallest absolute Gasteiger partial charge is 0.214 e. The lowest BCUT2D eigenvalue weighted by molar-refractivity contribution is 0.464.